The van der Waals surface area contributed by atoms with Gasteiger partial charge in [0.25, 0.3) is 0 Å². The summed E-state index contributed by atoms with van der Waals surface area (Å²) in [6, 6.07) is 0. The molecule has 0 bridgehead atoms. The minimum absolute atomic E-state index is 0.145. The van der Waals surface area contributed by atoms with Crippen molar-refractivity contribution in [2.45, 2.75) is 32.5 Å². The summed E-state index contributed by atoms with van der Waals surface area (Å²) >= 11 is 3.21. The lowest BCUT2D eigenvalue weighted by Gasteiger charge is -2.21. The number of halogens is 1. The molecule has 2 nitrogen and oxygen atoms in total. The summed E-state index contributed by atoms with van der Waals surface area (Å²) in [7, 11) is 0. The Bertz CT molecular complexity index is 118. The van der Waals surface area contributed by atoms with Crippen molar-refractivity contribution >= 4 is 21.7 Å². The van der Waals surface area contributed by atoms with Gasteiger partial charge < -0.3 is 9.31 Å². The molecule has 1 heterocycles. The van der Waals surface area contributed by atoms with Gasteiger partial charge in [0.2, 0.25) is 0 Å². The molecule has 0 N–H and O–H groups in total. The third-order valence-corrected chi connectivity index (χ3v) is 2.09. The molecule has 1 fully saturated rings. The molecule has 1 atom stereocenters. The molecule has 0 aliphatic carbocycles. The molecule has 52 valence electrons. The van der Waals surface area contributed by atoms with E-state index in [2.05, 4.69) is 15.8 Å². The van der Waals surface area contributed by atoms with E-state index in [1.54, 1.807) is 0 Å². The highest BCUT2D eigenvalue weighted by atomic mass is 79.9. The molecule has 1 aliphatic heterocycles. The highest BCUT2D eigenvalue weighted by Gasteiger charge is 2.41. The summed E-state index contributed by atoms with van der Waals surface area (Å²) in [5.41, 5.74) is -0.145. The molecule has 0 spiro atoms. The Hall–Kier alpha value is 0.465. The molecule has 1 rings (SSSR count). The van der Waals surface area contributed by atoms with Crippen LogP contribution in [0.3, 0.4) is 0 Å². The zero-order chi connectivity index (χ0) is 7.07. The fourth-order valence-corrected chi connectivity index (χ4v) is 1.49. The minimum atomic E-state index is -0.220. The van der Waals surface area contributed by atoms with E-state index in [9.17, 15) is 0 Å². The first kappa shape index (κ1) is 7.57. The van der Waals surface area contributed by atoms with Crippen molar-refractivity contribution in [2.24, 2.45) is 0 Å². The van der Waals surface area contributed by atoms with Crippen molar-refractivity contribution in [1.82, 2.24) is 0 Å². The van der Waals surface area contributed by atoms with Crippen molar-refractivity contribution in [3.63, 3.8) is 0 Å². The van der Waals surface area contributed by atoms with Crippen LogP contribution in [0.4, 0.5) is 0 Å². The third kappa shape index (κ3) is 1.48. The molecule has 0 saturated carbocycles. The molecule has 4 heteroatoms. The lowest BCUT2D eigenvalue weighted by atomic mass is 10.0. The van der Waals surface area contributed by atoms with E-state index in [-0.39, 0.29) is 17.6 Å². The van der Waals surface area contributed by atoms with Crippen LogP contribution in [0.25, 0.3) is 0 Å². The maximum absolute atomic E-state index is 5.36. The smallest absolute Gasteiger partial charge is 0.396 e. The van der Waals surface area contributed by atoms with Gasteiger partial charge in [-0.2, -0.15) is 0 Å². The lowest BCUT2D eigenvalue weighted by molar-refractivity contribution is 0.0845. The van der Waals surface area contributed by atoms with Crippen molar-refractivity contribution in [3.05, 3.63) is 0 Å². The van der Waals surface area contributed by atoms with Gasteiger partial charge in [-0.3, -0.25) is 0 Å². The molecule has 9 heavy (non-hydrogen) atoms. The van der Waals surface area contributed by atoms with Crippen molar-refractivity contribution in [3.8, 4) is 0 Å². The average molecular weight is 193 g/mol. The minimum Gasteiger partial charge on any atom is -0.396 e. The van der Waals surface area contributed by atoms with Gasteiger partial charge in [0.15, 0.2) is 0 Å². The van der Waals surface area contributed by atoms with Gasteiger partial charge in [-0.05, 0) is 20.8 Å². The SMILES string of the molecule is C[C@H]1OB(Br)OC1(C)C. The predicted molar refractivity (Wildman–Crippen MR) is 40.4 cm³/mol. The van der Waals surface area contributed by atoms with E-state index in [0.29, 0.717) is 0 Å². The second-order valence-electron chi connectivity index (χ2n) is 2.77. The zero-order valence-corrected chi connectivity index (χ0v) is 7.44. The van der Waals surface area contributed by atoms with Crippen LogP contribution in [0.1, 0.15) is 20.8 Å². The standard InChI is InChI=1S/C5H10BBrO2/c1-4-5(2,3)9-6(7)8-4/h4H,1-3H3/t4-/m1/s1. The van der Waals surface area contributed by atoms with Gasteiger partial charge in [0.05, 0.1) is 11.7 Å². The Morgan fingerprint density at radius 1 is 1.56 bits per heavy atom. The predicted octanol–water partition coefficient (Wildman–Crippen LogP) is 1.58. The molecule has 1 aliphatic rings. The molecule has 0 aromatic carbocycles. The molecule has 0 radical (unpaired) electrons. The summed E-state index contributed by atoms with van der Waals surface area (Å²) in [5.74, 6) is -0.220. The Morgan fingerprint density at radius 3 is 2.22 bits per heavy atom. The molecule has 0 aromatic rings. The van der Waals surface area contributed by atoms with E-state index >= 15 is 0 Å². The van der Waals surface area contributed by atoms with E-state index in [4.69, 9.17) is 9.31 Å². The zero-order valence-electron chi connectivity index (χ0n) is 5.85. The first-order chi connectivity index (χ1) is 4.02. The monoisotopic (exact) mass is 192 g/mol. The molecule has 0 unspecified atom stereocenters. The maximum Gasteiger partial charge on any atom is 0.540 e. The van der Waals surface area contributed by atoms with Crippen molar-refractivity contribution in [2.75, 3.05) is 0 Å². The van der Waals surface area contributed by atoms with Crippen LogP contribution >= 0.6 is 15.8 Å². The topological polar surface area (TPSA) is 18.5 Å². The highest BCUT2D eigenvalue weighted by Crippen LogP contribution is 2.28. The van der Waals surface area contributed by atoms with E-state index in [0.717, 1.165) is 0 Å². The van der Waals surface area contributed by atoms with Gasteiger partial charge in [-0.15, -0.1) is 0 Å². The Labute approximate surface area is 64.0 Å². The van der Waals surface area contributed by atoms with E-state index < -0.39 is 0 Å². The van der Waals surface area contributed by atoms with Gasteiger partial charge in [-0.25, -0.2) is 0 Å². The van der Waals surface area contributed by atoms with Gasteiger partial charge in [-0.1, -0.05) is 15.8 Å². The van der Waals surface area contributed by atoms with Gasteiger partial charge >= 0.3 is 5.94 Å². The summed E-state index contributed by atoms with van der Waals surface area (Å²) < 4.78 is 10.6. The fraction of sp³-hybridized carbons (Fsp3) is 1.00. The molecule has 0 aromatic heterocycles. The number of hydrogen-bond acceptors (Lipinski definition) is 2. The van der Waals surface area contributed by atoms with E-state index in [1.807, 2.05) is 20.8 Å². The molecular weight excluding hydrogens is 183 g/mol. The van der Waals surface area contributed by atoms with Crippen LogP contribution < -0.4 is 0 Å². The van der Waals surface area contributed by atoms with E-state index in [1.165, 1.54) is 0 Å². The second-order valence-corrected chi connectivity index (χ2v) is 3.52. The van der Waals surface area contributed by atoms with Crippen LogP contribution in [0.15, 0.2) is 0 Å². The molecule has 1 saturated heterocycles. The number of hydrogen-bond donors (Lipinski definition) is 0. The van der Waals surface area contributed by atoms with Gasteiger partial charge in [0, 0.05) is 0 Å². The summed E-state index contributed by atoms with van der Waals surface area (Å²) in [6.45, 7) is 6.03. The summed E-state index contributed by atoms with van der Waals surface area (Å²) in [6.07, 6.45) is 0.168. The van der Waals surface area contributed by atoms with Gasteiger partial charge in [0.1, 0.15) is 0 Å². The summed E-state index contributed by atoms with van der Waals surface area (Å²) in [4.78, 5) is 0. The highest BCUT2D eigenvalue weighted by molar-refractivity contribution is 9.24. The van der Waals surface area contributed by atoms with Crippen molar-refractivity contribution < 1.29 is 9.31 Å². The first-order valence-corrected chi connectivity index (χ1v) is 3.91. The van der Waals surface area contributed by atoms with Crippen LogP contribution in [-0.2, 0) is 9.31 Å². The lowest BCUT2D eigenvalue weighted by Crippen LogP contribution is -2.30. The quantitative estimate of drug-likeness (QED) is 0.543. The maximum atomic E-state index is 5.36. The second kappa shape index (κ2) is 2.25. The first-order valence-electron chi connectivity index (χ1n) is 3.00. The average Bonchev–Trinajstić information content (AvgIpc) is 1.79. The van der Waals surface area contributed by atoms with Crippen molar-refractivity contribution in [1.29, 1.82) is 0 Å². The normalized spacial score (nSPS) is 33.3. The van der Waals surface area contributed by atoms with Crippen LogP contribution in [0.5, 0.6) is 0 Å². The van der Waals surface area contributed by atoms with Crippen LogP contribution in [0, 0.1) is 0 Å². The summed E-state index contributed by atoms with van der Waals surface area (Å²) in [5, 5.41) is 0. The third-order valence-electron chi connectivity index (χ3n) is 1.69. The van der Waals surface area contributed by atoms with Crippen LogP contribution in [0.2, 0.25) is 0 Å². The Balaban J connectivity index is 2.58. The Kier molecular flexibility index (Phi) is 1.90. The molecular formula is C5H10BBrO2. The van der Waals surface area contributed by atoms with Crippen LogP contribution in [-0.4, -0.2) is 17.6 Å². The Morgan fingerprint density at radius 2 is 2.11 bits per heavy atom. The molecule has 0 amide bonds. The number of rotatable bonds is 0. The fourth-order valence-electron chi connectivity index (χ4n) is 0.687. The largest absolute Gasteiger partial charge is 0.540 e.